The van der Waals surface area contributed by atoms with Crippen LogP contribution >= 0.6 is 11.6 Å². The number of ether oxygens (including phenoxy) is 2. The second-order valence-electron chi connectivity index (χ2n) is 4.62. The number of hydrogen-bond acceptors (Lipinski definition) is 5. The smallest absolute Gasteiger partial charge is 0.270 e. The molecule has 8 heteroatoms. The van der Waals surface area contributed by atoms with E-state index in [1.807, 2.05) is 6.07 Å². The highest BCUT2D eigenvalue weighted by atomic mass is 35.5. The summed E-state index contributed by atoms with van der Waals surface area (Å²) in [4.78, 5) is 11.0. The molecule has 3 rings (SSSR count). The van der Waals surface area contributed by atoms with Gasteiger partial charge in [-0.15, -0.1) is 5.10 Å². The zero-order valence-electron chi connectivity index (χ0n) is 11.1. The van der Waals surface area contributed by atoms with Crippen LogP contribution in [-0.2, 0) is 6.54 Å². The van der Waals surface area contributed by atoms with Gasteiger partial charge in [0.2, 0.25) is 0 Å². The fourth-order valence-electron chi connectivity index (χ4n) is 2.05. The molecule has 0 spiro atoms. The molecule has 2 aromatic rings. The van der Waals surface area contributed by atoms with Gasteiger partial charge in [-0.1, -0.05) is 16.8 Å². The van der Waals surface area contributed by atoms with Crippen LogP contribution in [0, 0.1) is 0 Å². The van der Waals surface area contributed by atoms with Gasteiger partial charge in [0.05, 0.1) is 31.0 Å². The molecule has 0 saturated heterocycles. The first kappa shape index (κ1) is 13.7. The molecule has 0 bridgehead atoms. The number of hydrogen-bond donors (Lipinski definition) is 1. The van der Waals surface area contributed by atoms with Gasteiger partial charge >= 0.3 is 0 Å². The summed E-state index contributed by atoms with van der Waals surface area (Å²) in [5.41, 5.74) is 6.13. The van der Waals surface area contributed by atoms with Crippen molar-refractivity contribution in [3.8, 4) is 11.5 Å². The van der Waals surface area contributed by atoms with Gasteiger partial charge in [-0.2, -0.15) is 0 Å². The third kappa shape index (κ3) is 2.92. The Kier molecular flexibility index (Phi) is 3.66. The highest BCUT2D eigenvalue weighted by Crippen LogP contribution is 2.38. The lowest BCUT2D eigenvalue weighted by molar-refractivity contribution is 0.0995. The second kappa shape index (κ2) is 5.61. The minimum absolute atomic E-state index is 0.121. The molecule has 21 heavy (non-hydrogen) atoms. The summed E-state index contributed by atoms with van der Waals surface area (Å²) in [6.45, 7) is 1.57. The van der Waals surface area contributed by atoms with Crippen molar-refractivity contribution in [3.63, 3.8) is 0 Å². The third-order valence-electron chi connectivity index (χ3n) is 3.00. The van der Waals surface area contributed by atoms with Gasteiger partial charge in [-0.05, 0) is 17.7 Å². The van der Waals surface area contributed by atoms with Crippen LogP contribution in [-0.4, -0.2) is 34.1 Å². The number of rotatable bonds is 3. The standard InChI is InChI=1S/C13H13ClN4O3/c14-9-4-8(5-11-12(9)21-3-1-2-20-11)6-18-7-10(13(15)19)16-17-18/h4-5,7H,1-3,6H2,(H2,15,19). The lowest BCUT2D eigenvalue weighted by Gasteiger charge is -2.11. The number of aromatic nitrogens is 3. The summed E-state index contributed by atoms with van der Waals surface area (Å²) in [6.07, 6.45) is 2.30. The van der Waals surface area contributed by atoms with Crippen molar-refractivity contribution in [2.45, 2.75) is 13.0 Å². The predicted octanol–water partition coefficient (Wildman–Crippen LogP) is 1.24. The Morgan fingerprint density at radius 1 is 1.38 bits per heavy atom. The van der Waals surface area contributed by atoms with Crippen molar-refractivity contribution in [3.05, 3.63) is 34.6 Å². The Labute approximate surface area is 125 Å². The molecule has 1 aliphatic rings. The summed E-state index contributed by atoms with van der Waals surface area (Å²) in [5.74, 6) is 0.567. The van der Waals surface area contributed by atoms with Crippen molar-refractivity contribution >= 4 is 17.5 Å². The maximum absolute atomic E-state index is 11.0. The number of nitrogens with two attached hydrogens (primary N) is 1. The minimum Gasteiger partial charge on any atom is -0.489 e. The van der Waals surface area contributed by atoms with Crippen molar-refractivity contribution in [2.24, 2.45) is 5.73 Å². The number of benzene rings is 1. The van der Waals surface area contributed by atoms with E-state index in [0.29, 0.717) is 36.3 Å². The molecule has 2 N–H and O–H groups in total. The second-order valence-corrected chi connectivity index (χ2v) is 5.03. The highest BCUT2D eigenvalue weighted by Gasteiger charge is 2.16. The van der Waals surface area contributed by atoms with Gasteiger partial charge in [-0.3, -0.25) is 4.79 Å². The summed E-state index contributed by atoms with van der Waals surface area (Å²) < 4.78 is 12.7. The third-order valence-corrected chi connectivity index (χ3v) is 3.28. The lowest BCUT2D eigenvalue weighted by atomic mass is 10.2. The Balaban J connectivity index is 1.86. The Morgan fingerprint density at radius 3 is 2.95 bits per heavy atom. The summed E-state index contributed by atoms with van der Waals surface area (Å²) in [7, 11) is 0. The van der Waals surface area contributed by atoms with E-state index in [4.69, 9.17) is 26.8 Å². The van der Waals surface area contributed by atoms with Crippen LogP contribution in [0.15, 0.2) is 18.3 Å². The molecule has 1 aromatic heterocycles. The summed E-state index contributed by atoms with van der Waals surface area (Å²) in [6, 6.07) is 3.62. The van der Waals surface area contributed by atoms with E-state index in [-0.39, 0.29) is 5.69 Å². The van der Waals surface area contributed by atoms with Gasteiger partial charge in [0.25, 0.3) is 5.91 Å². The molecule has 0 fully saturated rings. The highest BCUT2D eigenvalue weighted by molar-refractivity contribution is 6.32. The number of carbonyl (C=O) groups excluding carboxylic acids is 1. The Morgan fingerprint density at radius 2 is 2.19 bits per heavy atom. The summed E-state index contributed by atoms with van der Waals surface area (Å²) in [5, 5.41) is 8.02. The largest absolute Gasteiger partial charge is 0.489 e. The van der Waals surface area contributed by atoms with Gasteiger partial charge < -0.3 is 15.2 Å². The Hall–Kier alpha value is -2.28. The average molecular weight is 309 g/mol. The van der Waals surface area contributed by atoms with E-state index in [0.717, 1.165) is 12.0 Å². The predicted molar refractivity (Wildman–Crippen MR) is 74.7 cm³/mol. The number of primary amides is 1. The van der Waals surface area contributed by atoms with E-state index in [2.05, 4.69) is 10.3 Å². The van der Waals surface area contributed by atoms with Crippen molar-refractivity contribution in [2.75, 3.05) is 13.2 Å². The van der Waals surface area contributed by atoms with Gasteiger partial charge in [0.15, 0.2) is 17.2 Å². The first-order valence-electron chi connectivity index (χ1n) is 6.41. The number of amides is 1. The normalized spacial score (nSPS) is 13.8. The van der Waals surface area contributed by atoms with Gasteiger partial charge in [0.1, 0.15) is 0 Å². The maximum Gasteiger partial charge on any atom is 0.270 e. The molecule has 1 aliphatic heterocycles. The van der Waals surface area contributed by atoms with Crippen LogP contribution in [0.1, 0.15) is 22.5 Å². The van der Waals surface area contributed by atoms with Crippen LogP contribution in [0.5, 0.6) is 11.5 Å². The maximum atomic E-state index is 11.0. The van der Waals surface area contributed by atoms with Crippen molar-refractivity contribution in [1.29, 1.82) is 0 Å². The molecule has 1 amide bonds. The van der Waals surface area contributed by atoms with E-state index in [1.54, 1.807) is 6.07 Å². The molecule has 0 unspecified atom stereocenters. The SMILES string of the molecule is NC(=O)c1cn(Cc2cc(Cl)c3c(c2)OCCCO3)nn1. The van der Waals surface area contributed by atoms with E-state index in [1.165, 1.54) is 10.9 Å². The fourth-order valence-corrected chi connectivity index (χ4v) is 2.34. The number of carbonyl (C=O) groups is 1. The molecular weight excluding hydrogens is 296 g/mol. The molecule has 2 heterocycles. The Bertz CT molecular complexity index is 686. The van der Waals surface area contributed by atoms with Crippen LogP contribution in [0.3, 0.4) is 0 Å². The van der Waals surface area contributed by atoms with Gasteiger partial charge in [-0.25, -0.2) is 4.68 Å². The van der Waals surface area contributed by atoms with Crippen LogP contribution in [0.4, 0.5) is 0 Å². The first-order valence-corrected chi connectivity index (χ1v) is 6.79. The molecular formula is C13H13ClN4O3. The fraction of sp³-hybridized carbons (Fsp3) is 0.308. The average Bonchev–Trinajstić information content (AvgIpc) is 2.76. The summed E-state index contributed by atoms with van der Waals surface area (Å²) >= 11 is 6.22. The lowest BCUT2D eigenvalue weighted by Crippen LogP contribution is -2.11. The number of nitrogens with zero attached hydrogens (tertiary/aromatic N) is 3. The number of fused-ring (bicyclic) bond motifs is 1. The zero-order chi connectivity index (χ0) is 14.8. The van der Waals surface area contributed by atoms with Crippen molar-refractivity contribution in [1.82, 2.24) is 15.0 Å². The first-order chi connectivity index (χ1) is 10.1. The van der Waals surface area contributed by atoms with E-state index < -0.39 is 5.91 Å². The molecule has 0 aliphatic carbocycles. The topological polar surface area (TPSA) is 92.3 Å². The molecule has 1 aromatic carbocycles. The monoisotopic (exact) mass is 308 g/mol. The molecule has 110 valence electrons. The van der Waals surface area contributed by atoms with Crippen molar-refractivity contribution < 1.29 is 14.3 Å². The van der Waals surface area contributed by atoms with E-state index in [9.17, 15) is 4.79 Å². The minimum atomic E-state index is -0.613. The van der Waals surface area contributed by atoms with Crippen LogP contribution in [0.2, 0.25) is 5.02 Å². The zero-order valence-corrected chi connectivity index (χ0v) is 11.8. The molecule has 0 saturated carbocycles. The number of halogens is 1. The quantitative estimate of drug-likeness (QED) is 0.921. The van der Waals surface area contributed by atoms with Crippen LogP contribution in [0.25, 0.3) is 0 Å². The van der Waals surface area contributed by atoms with Crippen LogP contribution < -0.4 is 15.2 Å². The molecule has 7 nitrogen and oxygen atoms in total. The molecule has 0 atom stereocenters. The van der Waals surface area contributed by atoms with E-state index >= 15 is 0 Å². The van der Waals surface area contributed by atoms with Gasteiger partial charge in [0, 0.05) is 6.42 Å². The molecule has 0 radical (unpaired) electrons.